The van der Waals surface area contributed by atoms with Gasteiger partial charge < -0.3 is 14.8 Å². The summed E-state index contributed by atoms with van der Waals surface area (Å²) in [5.41, 5.74) is 0.467. The van der Waals surface area contributed by atoms with E-state index in [9.17, 15) is 19.7 Å². The number of methoxy groups -OCH3 is 1. The number of aromatic nitrogens is 2. The average Bonchev–Trinajstić information content (AvgIpc) is 2.60. The number of anilines is 1. The Labute approximate surface area is 142 Å². The highest BCUT2D eigenvalue weighted by molar-refractivity contribution is 5.96. The molecule has 1 aromatic heterocycles. The van der Waals surface area contributed by atoms with Crippen molar-refractivity contribution in [2.75, 3.05) is 19.0 Å². The first kappa shape index (κ1) is 17.8. The molecule has 1 heterocycles. The number of esters is 1. The molecule has 0 fully saturated rings. The standard InChI is InChI=1S/C15H14N4O6/c1-9-6-17-12(7-16-9)15(21)25-8-14(20)18-11-5-10(19(22)23)3-4-13(11)24-2/h3-7H,8H2,1-2H3,(H,18,20). The number of nitro groups is 1. The van der Waals surface area contributed by atoms with Gasteiger partial charge in [-0.25, -0.2) is 9.78 Å². The molecule has 0 saturated heterocycles. The molecule has 25 heavy (non-hydrogen) atoms. The van der Waals surface area contributed by atoms with Crippen LogP contribution in [0.4, 0.5) is 11.4 Å². The quantitative estimate of drug-likeness (QED) is 0.472. The van der Waals surface area contributed by atoms with Crippen molar-refractivity contribution in [2.24, 2.45) is 0 Å². The van der Waals surface area contributed by atoms with Gasteiger partial charge in [0.2, 0.25) is 0 Å². The lowest BCUT2D eigenvalue weighted by Crippen LogP contribution is -2.21. The van der Waals surface area contributed by atoms with Crippen LogP contribution in [0.3, 0.4) is 0 Å². The van der Waals surface area contributed by atoms with Crippen LogP contribution in [0, 0.1) is 17.0 Å². The first-order valence-electron chi connectivity index (χ1n) is 6.98. The topological polar surface area (TPSA) is 134 Å². The molecule has 1 aromatic carbocycles. The highest BCUT2D eigenvalue weighted by Crippen LogP contribution is 2.28. The van der Waals surface area contributed by atoms with Gasteiger partial charge in [-0.15, -0.1) is 0 Å². The summed E-state index contributed by atoms with van der Waals surface area (Å²) < 4.78 is 9.85. The van der Waals surface area contributed by atoms with E-state index in [1.54, 1.807) is 6.92 Å². The molecule has 10 heteroatoms. The number of carbonyl (C=O) groups excluding carboxylic acids is 2. The first-order valence-corrected chi connectivity index (χ1v) is 6.98. The van der Waals surface area contributed by atoms with E-state index in [-0.39, 0.29) is 22.8 Å². The fourth-order valence-corrected chi connectivity index (χ4v) is 1.80. The summed E-state index contributed by atoms with van der Waals surface area (Å²) >= 11 is 0. The van der Waals surface area contributed by atoms with Crippen molar-refractivity contribution in [2.45, 2.75) is 6.92 Å². The summed E-state index contributed by atoms with van der Waals surface area (Å²) in [6, 6.07) is 3.73. The van der Waals surface area contributed by atoms with Gasteiger partial charge in [-0.3, -0.25) is 19.9 Å². The molecule has 0 radical (unpaired) electrons. The minimum atomic E-state index is -0.811. The summed E-state index contributed by atoms with van der Waals surface area (Å²) in [7, 11) is 1.35. The lowest BCUT2D eigenvalue weighted by atomic mass is 10.2. The third kappa shape index (κ3) is 4.70. The third-order valence-electron chi connectivity index (χ3n) is 2.99. The summed E-state index contributed by atoms with van der Waals surface area (Å²) in [4.78, 5) is 41.6. The summed E-state index contributed by atoms with van der Waals surface area (Å²) in [5, 5.41) is 13.2. The SMILES string of the molecule is COc1ccc([N+](=O)[O-])cc1NC(=O)COC(=O)c1cnc(C)cn1. The number of non-ortho nitro benzene ring substituents is 1. The number of nitro benzene ring substituents is 1. The molecule has 0 aliphatic carbocycles. The minimum Gasteiger partial charge on any atom is -0.495 e. The van der Waals surface area contributed by atoms with Gasteiger partial charge in [-0.05, 0) is 13.0 Å². The predicted octanol–water partition coefficient (Wildman–Crippen LogP) is 1.50. The molecule has 2 aromatic rings. The van der Waals surface area contributed by atoms with Crippen molar-refractivity contribution in [3.63, 3.8) is 0 Å². The number of hydrogen-bond acceptors (Lipinski definition) is 8. The molecular formula is C15H14N4O6. The van der Waals surface area contributed by atoms with Gasteiger partial charge in [0.05, 0.1) is 29.6 Å². The Morgan fingerprint density at radius 2 is 2.04 bits per heavy atom. The summed E-state index contributed by atoms with van der Waals surface area (Å²) in [6.45, 7) is 1.11. The number of hydrogen-bond donors (Lipinski definition) is 1. The molecular weight excluding hydrogens is 332 g/mol. The van der Waals surface area contributed by atoms with E-state index in [1.807, 2.05) is 0 Å². The molecule has 0 spiro atoms. The number of rotatable bonds is 6. The zero-order chi connectivity index (χ0) is 18.4. The largest absolute Gasteiger partial charge is 0.495 e. The second-order valence-corrected chi connectivity index (χ2v) is 4.81. The smallest absolute Gasteiger partial charge is 0.359 e. The van der Waals surface area contributed by atoms with Crippen LogP contribution in [-0.4, -0.2) is 40.5 Å². The van der Waals surface area contributed by atoms with Crippen LogP contribution < -0.4 is 10.1 Å². The summed E-state index contributed by atoms with van der Waals surface area (Å²) in [5.74, 6) is -1.27. The van der Waals surface area contributed by atoms with Gasteiger partial charge in [-0.1, -0.05) is 0 Å². The van der Waals surface area contributed by atoms with Gasteiger partial charge in [0.1, 0.15) is 5.75 Å². The molecule has 0 aliphatic rings. The van der Waals surface area contributed by atoms with Gasteiger partial charge in [0, 0.05) is 18.3 Å². The molecule has 1 N–H and O–H groups in total. The Morgan fingerprint density at radius 3 is 2.64 bits per heavy atom. The fraction of sp³-hybridized carbons (Fsp3) is 0.200. The van der Waals surface area contributed by atoms with Crippen molar-refractivity contribution >= 4 is 23.3 Å². The van der Waals surface area contributed by atoms with E-state index in [0.717, 1.165) is 6.07 Å². The van der Waals surface area contributed by atoms with E-state index in [4.69, 9.17) is 9.47 Å². The van der Waals surface area contributed by atoms with Crippen LogP contribution >= 0.6 is 0 Å². The van der Waals surface area contributed by atoms with Crippen LogP contribution in [0.5, 0.6) is 5.75 Å². The second-order valence-electron chi connectivity index (χ2n) is 4.81. The van der Waals surface area contributed by atoms with Gasteiger partial charge >= 0.3 is 5.97 Å². The molecule has 130 valence electrons. The minimum absolute atomic E-state index is 0.0358. The lowest BCUT2D eigenvalue weighted by molar-refractivity contribution is -0.384. The van der Waals surface area contributed by atoms with Crippen LogP contribution in [0.25, 0.3) is 0 Å². The zero-order valence-electron chi connectivity index (χ0n) is 13.4. The third-order valence-corrected chi connectivity index (χ3v) is 2.99. The Kier molecular flexibility index (Phi) is 5.56. The maximum Gasteiger partial charge on any atom is 0.359 e. The zero-order valence-corrected chi connectivity index (χ0v) is 13.4. The van der Waals surface area contributed by atoms with Crippen molar-refractivity contribution in [3.8, 4) is 5.75 Å². The Bertz CT molecular complexity index is 806. The van der Waals surface area contributed by atoms with Crippen LogP contribution in [0.1, 0.15) is 16.2 Å². The monoisotopic (exact) mass is 346 g/mol. The van der Waals surface area contributed by atoms with Crippen molar-refractivity contribution in [1.82, 2.24) is 9.97 Å². The number of amides is 1. The van der Waals surface area contributed by atoms with E-state index in [2.05, 4.69) is 15.3 Å². The number of aryl methyl sites for hydroxylation is 1. The molecule has 0 atom stereocenters. The highest BCUT2D eigenvalue weighted by Gasteiger charge is 2.16. The van der Waals surface area contributed by atoms with E-state index < -0.39 is 23.4 Å². The molecule has 2 rings (SSSR count). The Hall–Kier alpha value is -3.56. The van der Waals surface area contributed by atoms with Crippen molar-refractivity contribution in [1.29, 1.82) is 0 Å². The van der Waals surface area contributed by atoms with E-state index in [1.165, 1.54) is 31.6 Å². The maximum absolute atomic E-state index is 11.9. The normalized spacial score (nSPS) is 10.0. The van der Waals surface area contributed by atoms with E-state index in [0.29, 0.717) is 5.69 Å². The summed E-state index contributed by atoms with van der Waals surface area (Å²) in [6.07, 6.45) is 2.63. The molecule has 0 bridgehead atoms. The lowest BCUT2D eigenvalue weighted by Gasteiger charge is -2.10. The molecule has 0 saturated carbocycles. The van der Waals surface area contributed by atoms with E-state index >= 15 is 0 Å². The Morgan fingerprint density at radius 1 is 1.28 bits per heavy atom. The van der Waals surface area contributed by atoms with Crippen molar-refractivity contribution in [3.05, 3.63) is 52.1 Å². The maximum atomic E-state index is 11.9. The molecule has 0 unspecified atom stereocenters. The first-order chi connectivity index (χ1) is 11.9. The van der Waals surface area contributed by atoms with Gasteiger partial charge in [0.15, 0.2) is 12.3 Å². The van der Waals surface area contributed by atoms with Gasteiger partial charge in [-0.2, -0.15) is 0 Å². The number of nitrogens with one attached hydrogen (secondary N) is 1. The van der Waals surface area contributed by atoms with Crippen LogP contribution in [0.2, 0.25) is 0 Å². The van der Waals surface area contributed by atoms with Crippen LogP contribution in [0.15, 0.2) is 30.6 Å². The second kappa shape index (κ2) is 7.81. The Balaban J connectivity index is 2.00. The van der Waals surface area contributed by atoms with Gasteiger partial charge in [0.25, 0.3) is 11.6 Å². The average molecular weight is 346 g/mol. The number of carbonyl (C=O) groups is 2. The predicted molar refractivity (Wildman–Crippen MR) is 85.3 cm³/mol. The fourth-order valence-electron chi connectivity index (χ4n) is 1.80. The van der Waals surface area contributed by atoms with Crippen LogP contribution in [-0.2, 0) is 9.53 Å². The highest BCUT2D eigenvalue weighted by atomic mass is 16.6. The molecule has 1 amide bonds. The number of benzene rings is 1. The number of nitrogens with zero attached hydrogens (tertiary/aromatic N) is 3. The number of ether oxygens (including phenoxy) is 2. The molecule has 0 aliphatic heterocycles. The van der Waals surface area contributed by atoms with Crippen molar-refractivity contribution < 1.29 is 24.0 Å². The molecule has 10 nitrogen and oxygen atoms in total.